The van der Waals surface area contributed by atoms with E-state index in [4.69, 9.17) is 28.9 Å². The number of carboxylic acids is 2. The number of carbonyl (C=O) groups excluding carboxylic acids is 11. The standard InChI is InChI=1S/C88H123N17O23S2/c1-7-35-91-85(119)97-60-19-15-21-63(48-60)130(123,124)103-61-20-14-18-56(47-61)66(49-75(111)112)100-87(121)96-59-32-30-58(31-33-59)95-86(120)92-37-36-89-70(106)25-10-9-13-39-105-74(110)51-69(84(105)118)129-54-93-72(108)27-16-26-71(107)90-38-42-127-44-46-128-45-43-126-41-34-73(109)98-67(50-76(113)114)83(117)104-40-17-24-68(104)81(115)101-78(55(3)4)82(116)102-80-79-77(64-22-11-12-23-65(64)99-80)57(52-88(5,6)122)28-29-62(94-79)53-125-8-2/h11-12,14-15,18-23,30-33,47-48,55,57,66-69,78,85,91,97,103,119,122H,7-10,13,16-17,24-29,34-46,49-54H2,1-6H3,(H,89,106)(H,90,107)(H,93,108)(H,98,109)(H,101,115)(H,111,112)(H,113,114)(H2,92,95,120)(H2,96,100,121)(H,99,102,116)/t57?,66-,67+,68+,69?,78+,85?/m1/s1. The molecule has 7 atom stereocenters. The Bertz CT molecular complexity index is 4850. The molecule has 40 nitrogen and oxygen atoms in total. The second-order valence-electron chi connectivity index (χ2n) is 32.3. The van der Waals surface area contributed by atoms with Crippen molar-refractivity contribution in [3.8, 4) is 0 Å². The lowest BCUT2D eigenvalue weighted by atomic mass is 9.82. The molecule has 0 radical (unpaired) electrons. The number of pyridine rings is 1. The molecule has 0 spiro atoms. The minimum absolute atomic E-state index is 0.0235. The highest BCUT2D eigenvalue weighted by Crippen LogP contribution is 2.46. The van der Waals surface area contributed by atoms with Crippen LogP contribution in [-0.4, -0.2) is 260 Å². The van der Waals surface area contributed by atoms with Crippen LogP contribution in [0.3, 0.4) is 0 Å². The second kappa shape index (κ2) is 53.0. The first-order valence-electron chi connectivity index (χ1n) is 43.7. The van der Waals surface area contributed by atoms with Crippen LogP contribution in [0.1, 0.15) is 174 Å². The first-order chi connectivity index (χ1) is 62.2. The van der Waals surface area contributed by atoms with E-state index in [0.29, 0.717) is 80.7 Å². The van der Waals surface area contributed by atoms with Gasteiger partial charge in [0, 0.05) is 105 Å². The Kier molecular flexibility index (Phi) is 42.3. The van der Waals surface area contributed by atoms with E-state index in [9.17, 15) is 91.2 Å². The van der Waals surface area contributed by atoms with Gasteiger partial charge in [-0.1, -0.05) is 63.6 Å². The Hall–Kier alpha value is -11.5. The SMILES string of the molecule is CCCNC(O)Nc1cccc(S(=O)(=O)Nc2cccc([C@@H](CC(=O)O)NC(=O)Nc3ccc(NC(=O)NCCNC(=O)CCCCCN4C(=O)CC(SCNC(=O)CCCC(=O)NCCOCCOCCOCCC(=O)N[C@@H](CC(=O)O)C(=O)N5CCC[C@H]5C(=O)N[C@H](C(=O)Nc5nc6ccccc6c6c5N=C(COCC)CCC6CC(C)(C)O)C(C)C)C4=O)cc3)c2)c1. The number of sulfonamides is 1. The number of hydrogen-bond donors (Lipinski definition) is 17. The monoisotopic (exact) mass is 1850 g/mol. The summed E-state index contributed by atoms with van der Waals surface area (Å²) >= 11 is 1.13. The molecule has 5 aromatic rings. The largest absolute Gasteiger partial charge is 0.481 e. The van der Waals surface area contributed by atoms with E-state index >= 15 is 0 Å². The van der Waals surface area contributed by atoms with E-state index in [1.54, 1.807) is 33.8 Å². The summed E-state index contributed by atoms with van der Waals surface area (Å²) in [5.41, 5.74) is 2.94. The van der Waals surface area contributed by atoms with E-state index in [1.165, 1.54) is 76.5 Å². The van der Waals surface area contributed by atoms with Crippen molar-refractivity contribution in [1.29, 1.82) is 0 Å². The number of nitrogens with one attached hydrogen (secondary N) is 13. The molecule has 3 unspecified atom stereocenters. The molecule has 0 bridgehead atoms. The van der Waals surface area contributed by atoms with Crippen LogP contribution in [0.4, 0.5) is 43.8 Å². The quantitative estimate of drug-likeness (QED) is 0.0114. The van der Waals surface area contributed by atoms with E-state index < -0.39 is 118 Å². The molecule has 2 saturated heterocycles. The van der Waals surface area contributed by atoms with Crippen LogP contribution in [0.25, 0.3) is 10.9 Å². The van der Waals surface area contributed by atoms with Crippen molar-refractivity contribution in [3.05, 3.63) is 108 Å². The van der Waals surface area contributed by atoms with Gasteiger partial charge in [0.15, 0.2) is 12.2 Å². The number of anilines is 5. The van der Waals surface area contributed by atoms with Crippen LogP contribution in [-0.2, 0) is 81.7 Å². The highest BCUT2D eigenvalue weighted by atomic mass is 32.2. The minimum atomic E-state index is -4.16. The number of thioether (sulfide) groups is 1. The van der Waals surface area contributed by atoms with Crippen LogP contribution in [0.15, 0.2) is 107 Å². The zero-order valence-corrected chi connectivity index (χ0v) is 75.8. The van der Waals surface area contributed by atoms with Crippen molar-refractivity contribution < 1.29 is 110 Å². The Morgan fingerprint density at radius 1 is 0.646 bits per heavy atom. The molecule has 17 N–H and O–H groups in total. The number of unbranched alkanes of at least 4 members (excludes halogenated alkanes) is 2. The number of aliphatic imine (C=N–C) groups is 1. The topological polar surface area (TPSA) is 562 Å². The number of aliphatic carboxylic acids is 2. The van der Waals surface area contributed by atoms with Crippen molar-refractivity contribution in [2.24, 2.45) is 10.9 Å². The first-order valence-corrected chi connectivity index (χ1v) is 46.3. The molecule has 4 heterocycles. The summed E-state index contributed by atoms with van der Waals surface area (Å²) in [5.74, 6) is -7.22. The minimum Gasteiger partial charge on any atom is -0.481 e. The normalized spacial score (nSPS) is 15.9. The summed E-state index contributed by atoms with van der Waals surface area (Å²) in [4.78, 5) is 181. The molecule has 3 aliphatic heterocycles. The van der Waals surface area contributed by atoms with Crippen LogP contribution in [0.2, 0.25) is 0 Å². The molecule has 710 valence electrons. The number of urea groups is 2. The van der Waals surface area contributed by atoms with Crippen molar-refractivity contribution >= 4 is 150 Å². The number of carboxylic acid groups (broad SMARTS) is 2. The molecule has 42 heteroatoms. The van der Waals surface area contributed by atoms with Crippen LogP contribution in [0, 0.1) is 5.92 Å². The number of aromatic nitrogens is 1. The number of aliphatic hydroxyl groups excluding tert-OH is 1. The molecule has 130 heavy (non-hydrogen) atoms. The average molecular weight is 1850 g/mol. The number of para-hydroxylation sites is 1. The van der Waals surface area contributed by atoms with Crippen molar-refractivity contribution in [1.82, 2.24) is 57.3 Å². The number of imide groups is 1. The number of rotatable bonds is 56. The van der Waals surface area contributed by atoms with Crippen molar-refractivity contribution in [2.75, 3.05) is 124 Å². The molecule has 3 aliphatic rings. The third-order valence-electron chi connectivity index (χ3n) is 21.0. The fourth-order valence-electron chi connectivity index (χ4n) is 14.6. The van der Waals surface area contributed by atoms with E-state index in [0.717, 1.165) is 34.8 Å². The number of likely N-dealkylation sites (tertiary alicyclic amines) is 2. The van der Waals surface area contributed by atoms with Gasteiger partial charge in [-0.15, -0.1) is 11.8 Å². The van der Waals surface area contributed by atoms with Crippen LogP contribution >= 0.6 is 11.8 Å². The van der Waals surface area contributed by atoms with Crippen molar-refractivity contribution in [3.63, 3.8) is 0 Å². The summed E-state index contributed by atoms with van der Waals surface area (Å²) in [6.45, 7) is 13.4. The fraction of sp³-hybridized carbons (Fsp3) is 0.534. The Morgan fingerprint density at radius 3 is 1.99 bits per heavy atom. The number of amides is 13. The lowest BCUT2D eigenvalue weighted by molar-refractivity contribution is -0.146. The van der Waals surface area contributed by atoms with Gasteiger partial charge in [0.25, 0.3) is 10.0 Å². The maximum atomic E-state index is 14.4. The average Bonchev–Trinajstić information content (AvgIpc) is 1.34. The summed E-state index contributed by atoms with van der Waals surface area (Å²) in [6.07, 6.45) is 2.36. The van der Waals surface area contributed by atoms with Gasteiger partial charge in [0.2, 0.25) is 53.2 Å². The second-order valence-corrected chi connectivity index (χ2v) is 35.2. The number of aliphatic hydroxyl groups is 2. The molecular formula is C88H123N17O23S2. The lowest BCUT2D eigenvalue weighted by Gasteiger charge is -2.30. The van der Waals surface area contributed by atoms with Gasteiger partial charge in [-0.25, -0.2) is 23.0 Å². The maximum absolute atomic E-state index is 14.4. The number of carbonyl (C=O) groups is 13. The smallest absolute Gasteiger partial charge is 0.319 e. The molecule has 1 aromatic heterocycles. The first kappa shape index (κ1) is 104. The highest BCUT2D eigenvalue weighted by molar-refractivity contribution is 8.00. The van der Waals surface area contributed by atoms with Gasteiger partial charge >= 0.3 is 24.0 Å². The van der Waals surface area contributed by atoms with Gasteiger partial charge in [-0.3, -0.25) is 72.7 Å². The molecular weight excluding hydrogens is 1730 g/mol. The number of ether oxygens (including phenoxy) is 4. The molecule has 4 aromatic carbocycles. The van der Waals surface area contributed by atoms with Gasteiger partial charge < -0.3 is 103 Å². The Balaban J connectivity index is 0.612. The summed E-state index contributed by atoms with van der Waals surface area (Å²) < 4.78 is 51.6. The van der Waals surface area contributed by atoms with Gasteiger partial charge in [0.1, 0.15) is 23.8 Å². The highest BCUT2D eigenvalue weighted by Gasteiger charge is 2.42. The van der Waals surface area contributed by atoms with Gasteiger partial charge in [-0.05, 0) is 169 Å². The van der Waals surface area contributed by atoms with Crippen LogP contribution < -0.4 is 68.5 Å². The van der Waals surface area contributed by atoms with E-state index in [1.807, 2.05) is 38.1 Å². The predicted octanol–water partition coefficient (Wildman–Crippen LogP) is 6.40. The molecule has 2 fully saturated rings. The molecule has 0 saturated carbocycles. The summed E-state index contributed by atoms with van der Waals surface area (Å²) in [5, 5.41) is 73.5. The third kappa shape index (κ3) is 35.1. The van der Waals surface area contributed by atoms with Gasteiger partial charge in [-0.2, -0.15) is 0 Å². The third-order valence-corrected chi connectivity index (χ3v) is 23.4. The fourth-order valence-corrected chi connectivity index (χ4v) is 16.7. The predicted molar refractivity (Wildman–Crippen MR) is 486 cm³/mol. The van der Waals surface area contributed by atoms with Crippen LogP contribution in [0.5, 0.6) is 0 Å². The number of nitrogens with zero attached hydrogens (tertiary/aromatic N) is 4. The van der Waals surface area contributed by atoms with Crippen molar-refractivity contribution in [2.45, 2.75) is 203 Å². The lowest BCUT2D eigenvalue weighted by Crippen LogP contribution is -2.57. The van der Waals surface area contributed by atoms with Gasteiger partial charge in [0.05, 0.1) is 92.3 Å². The summed E-state index contributed by atoms with van der Waals surface area (Å²) in [6, 6.07) is 19.0. The zero-order chi connectivity index (χ0) is 94.3. The molecule has 8 rings (SSSR count). The van der Waals surface area contributed by atoms with E-state index in [2.05, 4.69) is 68.5 Å². The molecule has 13 amide bonds. The van der Waals surface area contributed by atoms with E-state index in [-0.39, 0.29) is 193 Å². The molecule has 0 aliphatic carbocycles. The Morgan fingerprint density at radius 2 is 1.30 bits per heavy atom. The number of hydrogen-bond acceptors (Lipinski definition) is 26. The number of fused-ring (bicyclic) bond motifs is 3. The Labute approximate surface area is 759 Å². The zero-order valence-electron chi connectivity index (χ0n) is 74.1. The maximum Gasteiger partial charge on any atom is 0.319 e. The summed E-state index contributed by atoms with van der Waals surface area (Å²) in [7, 11) is -4.16. The number of benzene rings is 4.